The maximum absolute atomic E-state index is 9.97. The molecular formula is C14H12N2O2S. The summed E-state index contributed by atoms with van der Waals surface area (Å²) in [7, 11) is 0. The summed E-state index contributed by atoms with van der Waals surface area (Å²) in [6, 6.07) is 11.3. The molecule has 0 saturated heterocycles. The molecule has 1 N–H and O–H groups in total. The predicted molar refractivity (Wildman–Crippen MR) is 75.0 cm³/mol. The van der Waals surface area contributed by atoms with E-state index in [0.717, 1.165) is 23.0 Å². The van der Waals surface area contributed by atoms with Crippen LogP contribution in [-0.4, -0.2) is 14.5 Å². The fourth-order valence-electron chi connectivity index (χ4n) is 1.81. The number of aryl methyl sites for hydroxylation is 1. The van der Waals surface area contributed by atoms with Gasteiger partial charge in [-0.3, -0.25) is 0 Å². The van der Waals surface area contributed by atoms with Gasteiger partial charge in [-0.05, 0) is 22.9 Å². The van der Waals surface area contributed by atoms with Gasteiger partial charge >= 0.3 is 0 Å². The van der Waals surface area contributed by atoms with Gasteiger partial charge in [-0.15, -0.1) is 0 Å². The van der Waals surface area contributed by atoms with E-state index in [-0.39, 0.29) is 5.75 Å². The second-order valence-electron chi connectivity index (χ2n) is 4.10. The third-order valence-electron chi connectivity index (χ3n) is 2.79. The van der Waals surface area contributed by atoms with E-state index in [1.807, 2.05) is 31.2 Å². The van der Waals surface area contributed by atoms with E-state index >= 15 is 0 Å². The molecule has 3 rings (SSSR count). The van der Waals surface area contributed by atoms with E-state index in [2.05, 4.69) is 9.36 Å². The van der Waals surface area contributed by atoms with Crippen molar-refractivity contribution in [1.29, 1.82) is 0 Å². The smallest absolute Gasteiger partial charge is 0.298 e. The molecule has 1 aromatic heterocycles. The lowest BCUT2D eigenvalue weighted by Gasteiger charge is -2.06. The first kappa shape index (κ1) is 11.9. The fourth-order valence-corrected chi connectivity index (χ4v) is 2.43. The molecule has 0 atom stereocenters. The average Bonchev–Trinajstić information content (AvgIpc) is 2.87. The molecule has 96 valence electrons. The van der Waals surface area contributed by atoms with Gasteiger partial charge in [0, 0.05) is 18.0 Å². The summed E-state index contributed by atoms with van der Waals surface area (Å²) in [4.78, 5) is 4.22. The van der Waals surface area contributed by atoms with Gasteiger partial charge in [-0.1, -0.05) is 31.2 Å². The first-order chi connectivity index (χ1) is 9.26. The van der Waals surface area contributed by atoms with E-state index in [0.29, 0.717) is 10.9 Å². The Morgan fingerprint density at radius 1 is 1.21 bits per heavy atom. The highest BCUT2D eigenvalue weighted by Gasteiger charge is 2.09. The van der Waals surface area contributed by atoms with E-state index < -0.39 is 0 Å². The Bertz CT molecular complexity index is 724. The molecule has 19 heavy (non-hydrogen) atoms. The van der Waals surface area contributed by atoms with E-state index in [1.54, 1.807) is 12.1 Å². The third-order valence-corrected chi connectivity index (χ3v) is 3.42. The highest BCUT2D eigenvalue weighted by molar-refractivity contribution is 7.07. The number of hydrogen-bond donors (Lipinski definition) is 1. The average molecular weight is 272 g/mol. The molecule has 0 fully saturated rings. The zero-order chi connectivity index (χ0) is 13.2. The lowest BCUT2D eigenvalue weighted by molar-refractivity contribution is 0.410. The largest absolute Gasteiger partial charge is 0.504 e. The lowest BCUT2D eigenvalue weighted by atomic mass is 10.1. The van der Waals surface area contributed by atoms with Gasteiger partial charge in [-0.2, -0.15) is 9.36 Å². The molecule has 5 heteroatoms. The number of hydrogen-bond acceptors (Lipinski definition) is 5. The van der Waals surface area contributed by atoms with E-state index in [1.165, 1.54) is 11.5 Å². The minimum absolute atomic E-state index is 0.104. The fraction of sp³-hybridized carbons (Fsp3) is 0.143. The topological polar surface area (TPSA) is 55.2 Å². The van der Waals surface area contributed by atoms with Crippen molar-refractivity contribution in [3.63, 3.8) is 0 Å². The van der Waals surface area contributed by atoms with Crippen LogP contribution in [-0.2, 0) is 6.42 Å². The molecule has 0 saturated carbocycles. The molecular weight excluding hydrogens is 260 g/mol. The number of benzene rings is 2. The zero-order valence-corrected chi connectivity index (χ0v) is 11.1. The number of fused-ring (bicyclic) bond motifs is 1. The summed E-state index contributed by atoms with van der Waals surface area (Å²) >= 11 is 1.19. The first-order valence-electron chi connectivity index (χ1n) is 5.98. The molecule has 0 amide bonds. The summed E-state index contributed by atoms with van der Waals surface area (Å²) < 4.78 is 9.74. The van der Waals surface area contributed by atoms with Crippen molar-refractivity contribution >= 4 is 22.3 Å². The Hall–Kier alpha value is -2.14. The van der Waals surface area contributed by atoms with Crippen LogP contribution in [0.1, 0.15) is 12.7 Å². The van der Waals surface area contributed by atoms with Crippen LogP contribution in [0.3, 0.4) is 0 Å². The number of aromatic nitrogens is 2. The maximum atomic E-state index is 9.97. The Morgan fingerprint density at radius 2 is 1.95 bits per heavy atom. The van der Waals surface area contributed by atoms with Gasteiger partial charge in [0.2, 0.25) is 0 Å². The molecule has 4 nitrogen and oxygen atoms in total. The van der Waals surface area contributed by atoms with Crippen molar-refractivity contribution in [2.75, 3.05) is 0 Å². The Balaban J connectivity index is 1.97. The normalized spacial score (nSPS) is 10.8. The SMILES string of the molecule is CCc1nsc(Oc2cc3ccccc3cc2O)n1. The number of phenols is 1. The van der Waals surface area contributed by atoms with Crippen LogP contribution >= 0.6 is 11.5 Å². The van der Waals surface area contributed by atoms with E-state index in [4.69, 9.17) is 4.74 Å². The van der Waals surface area contributed by atoms with Crippen LogP contribution in [0.4, 0.5) is 0 Å². The van der Waals surface area contributed by atoms with Gasteiger partial charge in [0.05, 0.1) is 0 Å². The van der Waals surface area contributed by atoms with Crippen molar-refractivity contribution in [1.82, 2.24) is 9.36 Å². The van der Waals surface area contributed by atoms with Crippen LogP contribution in [0, 0.1) is 0 Å². The maximum Gasteiger partial charge on any atom is 0.298 e. The van der Waals surface area contributed by atoms with Gasteiger partial charge < -0.3 is 9.84 Å². The van der Waals surface area contributed by atoms with Crippen molar-refractivity contribution in [3.05, 3.63) is 42.2 Å². The summed E-state index contributed by atoms with van der Waals surface area (Å²) in [5.74, 6) is 1.25. The number of rotatable bonds is 3. The van der Waals surface area contributed by atoms with Gasteiger partial charge in [0.15, 0.2) is 11.5 Å². The summed E-state index contributed by atoms with van der Waals surface area (Å²) in [5, 5.41) is 12.4. The van der Waals surface area contributed by atoms with E-state index in [9.17, 15) is 5.11 Å². The van der Waals surface area contributed by atoms with Crippen molar-refractivity contribution in [2.24, 2.45) is 0 Å². The molecule has 0 radical (unpaired) electrons. The zero-order valence-electron chi connectivity index (χ0n) is 10.3. The van der Waals surface area contributed by atoms with Crippen molar-refractivity contribution < 1.29 is 9.84 Å². The molecule has 0 unspecified atom stereocenters. The Labute approximate surface area is 114 Å². The quantitative estimate of drug-likeness (QED) is 0.789. The molecule has 3 aromatic rings. The molecule has 0 aliphatic rings. The summed E-state index contributed by atoms with van der Waals surface area (Å²) in [6.07, 6.45) is 0.767. The summed E-state index contributed by atoms with van der Waals surface area (Å²) in [6.45, 7) is 1.99. The lowest BCUT2D eigenvalue weighted by Crippen LogP contribution is -1.86. The highest BCUT2D eigenvalue weighted by Crippen LogP contribution is 2.35. The monoisotopic (exact) mass is 272 g/mol. The van der Waals surface area contributed by atoms with Gasteiger partial charge in [0.1, 0.15) is 5.82 Å². The molecule has 0 spiro atoms. The molecule has 0 bridgehead atoms. The third kappa shape index (κ3) is 2.37. The Kier molecular flexibility index (Phi) is 3.05. The molecule has 0 aliphatic carbocycles. The predicted octanol–water partition coefficient (Wildman–Crippen LogP) is 3.75. The van der Waals surface area contributed by atoms with Crippen LogP contribution in [0.25, 0.3) is 10.8 Å². The number of phenolic OH excluding ortho intramolecular Hbond substituents is 1. The van der Waals surface area contributed by atoms with Gasteiger partial charge in [0.25, 0.3) is 5.19 Å². The molecule has 1 heterocycles. The minimum atomic E-state index is 0.104. The summed E-state index contributed by atoms with van der Waals surface area (Å²) in [5.41, 5.74) is 0. The second-order valence-corrected chi connectivity index (χ2v) is 4.81. The Morgan fingerprint density at radius 3 is 2.63 bits per heavy atom. The van der Waals surface area contributed by atoms with Crippen LogP contribution in [0.2, 0.25) is 0 Å². The number of aromatic hydroxyl groups is 1. The van der Waals surface area contributed by atoms with Gasteiger partial charge in [-0.25, -0.2) is 0 Å². The number of ether oxygens (including phenoxy) is 1. The minimum Gasteiger partial charge on any atom is -0.504 e. The van der Waals surface area contributed by atoms with Crippen LogP contribution < -0.4 is 4.74 Å². The molecule has 2 aromatic carbocycles. The number of nitrogens with zero attached hydrogens (tertiary/aromatic N) is 2. The molecule has 0 aliphatic heterocycles. The van der Waals surface area contributed by atoms with Crippen LogP contribution in [0.15, 0.2) is 36.4 Å². The van der Waals surface area contributed by atoms with Crippen LogP contribution in [0.5, 0.6) is 16.7 Å². The van der Waals surface area contributed by atoms with Crippen molar-refractivity contribution in [2.45, 2.75) is 13.3 Å². The van der Waals surface area contributed by atoms with Crippen molar-refractivity contribution in [3.8, 4) is 16.7 Å². The standard InChI is InChI=1S/C14H12N2O2S/c1-2-13-15-14(19-16-13)18-12-8-10-6-4-3-5-9(10)7-11(12)17/h3-8,17H,2H2,1H3. The highest BCUT2D eigenvalue weighted by atomic mass is 32.1. The second kappa shape index (κ2) is 4.85. The first-order valence-corrected chi connectivity index (χ1v) is 6.76.